The topological polar surface area (TPSA) is 35.5 Å². The molecule has 3 atom stereocenters. The van der Waals surface area contributed by atoms with Crippen LogP contribution in [-0.2, 0) is 13.6 Å². The standard InChI is InChI=1S/C7H7O3PS/c1-4-6-7(5-2)12-11(8,9-3)10-6/h1-2,6-7H,3H3. The lowest BCUT2D eigenvalue weighted by Gasteiger charge is -2.04. The van der Waals surface area contributed by atoms with E-state index in [-0.39, 0.29) is 5.25 Å². The first-order valence-corrected chi connectivity index (χ1v) is 6.13. The quantitative estimate of drug-likeness (QED) is 0.477. The molecule has 1 aliphatic heterocycles. The summed E-state index contributed by atoms with van der Waals surface area (Å²) in [4.78, 5) is 0. The zero-order valence-corrected chi connectivity index (χ0v) is 8.10. The van der Waals surface area contributed by atoms with E-state index in [1.165, 1.54) is 7.11 Å². The molecule has 1 saturated heterocycles. The molecule has 0 aliphatic carbocycles. The fourth-order valence-corrected chi connectivity index (χ4v) is 4.12. The van der Waals surface area contributed by atoms with Crippen LogP contribution in [0.15, 0.2) is 0 Å². The summed E-state index contributed by atoms with van der Waals surface area (Å²) < 4.78 is 21.1. The lowest BCUT2D eigenvalue weighted by molar-refractivity contribution is 0.230. The first-order valence-electron chi connectivity index (χ1n) is 3.10. The summed E-state index contributed by atoms with van der Waals surface area (Å²) in [6.07, 6.45) is 9.66. The van der Waals surface area contributed by atoms with E-state index in [0.717, 1.165) is 11.4 Å². The molecule has 0 radical (unpaired) electrons. The number of terminal acetylenes is 2. The van der Waals surface area contributed by atoms with Gasteiger partial charge >= 0.3 is 6.80 Å². The van der Waals surface area contributed by atoms with Crippen molar-refractivity contribution in [1.82, 2.24) is 0 Å². The van der Waals surface area contributed by atoms with Gasteiger partial charge in [0.15, 0.2) is 6.10 Å². The molecule has 1 rings (SSSR count). The van der Waals surface area contributed by atoms with Gasteiger partial charge in [0.05, 0.1) is 0 Å². The van der Waals surface area contributed by atoms with Crippen LogP contribution in [-0.4, -0.2) is 18.5 Å². The second-order valence-electron chi connectivity index (χ2n) is 2.02. The Balaban J connectivity index is 2.82. The fraction of sp³-hybridized carbons (Fsp3) is 0.429. The monoisotopic (exact) mass is 202 g/mol. The summed E-state index contributed by atoms with van der Waals surface area (Å²) >= 11 is 0.978. The molecule has 0 spiro atoms. The van der Waals surface area contributed by atoms with E-state index >= 15 is 0 Å². The Hall–Kier alpha value is -0.380. The van der Waals surface area contributed by atoms with E-state index < -0.39 is 12.9 Å². The van der Waals surface area contributed by atoms with E-state index in [4.69, 9.17) is 17.4 Å². The minimum Gasteiger partial charge on any atom is -0.304 e. The zero-order valence-electron chi connectivity index (χ0n) is 6.39. The van der Waals surface area contributed by atoms with Crippen molar-refractivity contribution in [3.05, 3.63) is 0 Å². The molecule has 0 aromatic heterocycles. The molecule has 3 unspecified atom stereocenters. The Labute approximate surface area is 75.5 Å². The predicted octanol–water partition coefficient (Wildman–Crippen LogP) is 1.51. The lowest BCUT2D eigenvalue weighted by Crippen LogP contribution is -2.14. The van der Waals surface area contributed by atoms with Gasteiger partial charge < -0.3 is 4.52 Å². The molecule has 0 N–H and O–H groups in total. The second kappa shape index (κ2) is 3.56. The molecule has 0 amide bonds. The van der Waals surface area contributed by atoms with Crippen LogP contribution in [0, 0.1) is 24.7 Å². The number of hydrogen-bond donors (Lipinski definition) is 0. The maximum Gasteiger partial charge on any atom is 0.391 e. The number of hydrogen-bond acceptors (Lipinski definition) is 4. The summed E-state index contributed by atoms with van der Waals surface area (Å²) in [5.74, 6) is 4.71. The van der Waals surface area contributed by atoms with Gasteiger partial charge in [-0.2, -0.15) is 0 Å². The van der Waals surface area contributed by atoms with Crippen molar-refractivity contribution in [2.75, 3.05) is 7.11 Å². The third kappa shape index (κ3) is 1.68. The van der Waals surface area contributed by atoms with Crippen LogP contribution >= 0.6 is 18.2 Å². The minimum absolute atomic E-state index is 0.374. The molecule has 0 saturated carbocycles. The van der Waals surface area contributed by atoms with Gasteiger partial charge in [0.2, 0.25) is 0 Å². The highest BCUT2D eigenvalue weighted by Gasteiger charge is 2.43. The van der Waals surface area contributed by atoms with Crippen LogP contribution in [0.5, 0.6) is 0 Å². The summed E-state index contributed by atoms with van der Waals surface area (Å²) in [5.41, 5.74) is 0. The smallest absolute Gasteiger partial charge is 0.304 e. The molecule has 0 aromatic rings. The van der Waals surface area contributed by atoms with Crippen LogP contribution in [0.2, 0.25) is 0 Å². The fourth-order valence-electron chi connectivity index (χ4n) is 0.735. The summed E-state index contributed by atoms with van der Waals surface area (Å²) in [7, 11) is 1.31. The van der Waals surface area contributed by atoms with Gasteiger partial charge in [0.1, 0.15) is 5.25 Å². The van der Waals surface area contributed by atoms with Gasteiger partial charge in [0, 0.05) is 7.11 Å². The van der Waals surface area contributed by atoms with Gasteiger partial charge in [0.25, 0.3) is 0 Å². The van der Waals surface area contributed by atoms with E-state index in [9.17, 15) is 4.57 Å². The Morgan fingerprint density at radius 1 is 1.58 bits per heavy atom. The lowest BCUT2D eigenvalue weighted by atomic mass is 10.3. The highest BCUT2D eigenvalue weighted by Crippen LogP contribution is 2.68. The van der Waals surface area contributed by atoms with Gasteiger partial charge in [-0.1, -0.05) is 11.8 Å². The summed E-state index contributed by atoms with van der Waals surface area (Å²) in [6.45, 7) is -3.06. The van der Waals surface area contributed by atoms with Gasteiger partial charge in [-0.15, -0.1) is 12.8 Å². The zero-order chi connectivity index (χ0) is 9.19. The molecular weight excluding hydrogens is 195 g/mol. The van der Waals surface area contributed by atoms with Crippen molar-refractivity contribution in [1.29, 1.82) is 0 Å². The van der Waals surface area contributed by atoms with Gasteiger partial charge in [-0.25, -0.2) is 4.57 Å². The summed E-state index contributed by atoms with van der Waals surface area (Å²) in [5, 5.41) is -0.374. The van der Waals surface area contributed by atoms with Crippen LogP contribution in [0.3, 0.4) is 0 Å². The normalized spacial score (nSPS) is 40.2. The van der Waals surface area contributed by atoms with Crippen molar-refractivity contribution < 1.29 is 13.6 Å². The second-order valence-corrected chi connectivity index (χ2v) is 6.18. The van der Waals surface area contributed by atoms with Crippen molar-refractivity contribution in [2.45, 2.75) is 11.4 Å². The van der Waals surface area contributed by atoms with Gasteiger partial charge in [-0.05, 0) is 11.4 Å². The van der Waals surface area contributed by atoms with Crippen molar-refractivity contribution in [3.63, 3.8) is 0 Å². The molecule has 12 heavy (non-hydrogen) atoms. The van der Waals surface area contributed by atoms with Crippen LogP contribution in [0.4, 0.5) is 0 Å². The molecule has 1 heterocycles. The first kappa shape index (κ1) is 9.71. The predicted molar refractivity (Wildman–Crippen MR) is 48.5 cm³/mol. The number of rotatable bonds is 1. The molecule has 1 fully saturated rings. The Morgan fingerprint density at radius 2 is 2.25 bits per heavy atom. The Morgan fingerprint density at radius 3 is 2.58 bits per heavy atom. The maximum absolute atomic E-state index is 11.4. The molecule has 64 valence electrons. The Bertz CT molecular complexity index is 275. The largest absolute Gasteiger partial charge is 0.391 e. The molecule has 0 bridgehead atoms. The molecule has 5 heteroatoms. The van der Waals surface area contributed by atoms with Crippen molar-refractivity contribution >= 4 is 18.2 Å². The molecule has 3 nitrogen and oxygen atoms in total. The average Bonchev–Trinajstić information content (AvgIpc) is 2.43. The van der Waals surface area contributed by atoms with E-state index in [2.05, 4.69) is 16.4 Å². The van der Waals surface area contributed by atoms with Crippen molar-refractivity contribution in [3.8, 4) is 24.7 Å². The third-order valence-corrected chi connectivity index (χ3v) is 5.27. The average molecular weight is 202 g/mol. The summed E-state index contributed by atoms with van der Waals surface area (Å²) in [6, 6.07) is 0. The molecule has 0 aromatic carbocycles. The maximum atomic E-state index is 11.4. The third-order valence-electron chi connectivity index (χ3n) is 1.31. The molecule has 1 aliphatic rings. The SMILES string of the molecule is C#CC1OP(=O)(OC)SC1C#C. The van der Waals surface area contributed by atoms with E-state index in [1.807, 2.05) is 0 Å². The highest BCUT2D eigenvalue weighted by atomic mass is 32.7. The van der Waals surface area contributed by atoms with Crippen LogP contribution < -0.4 is 0 Å². The van der Waals surface area contributed by atoms with Crippen LogP contribution in [0.1, 0.15) is 0 Å². The highest BCUT2D eigenvalue weighted by molar-refractivity contribution is 8.55. The first-order chi connectivity index (χ1) is 5.65. The Kier molecular flexibility index (Phi) is 2.88. The molecular formula is C7H7O3PS. The van der Waals surface area contributed by atoms with Crippen molar-refractivity contribution in [2.24, 2.45) is 0 Å². The minimum atomic E-state index is -3.06. The van der Waals surface area contributed by atoms with E-state index in [0.29, 0.717) is 0 Å². The van der Waals surface area contributed by atoms with E-state index in [1.54, 1.807) is 0 Å². The van der Waals surface area contributed by atoms with Crippen LogP contribution in [0.25, 0.3) is 0 Å². The van der Waals surface area contributed by atoms with Gasteiger partial charge in [-0.3, -0.25) is 4.52 Å².